The van der Waals surface area contributed by atoms with Crippen LogP contribution in [-0.4, -0.2) is 12.1 Å². The first-order valence-electron chi connectivity index (χ1n) is 5.98. The largest absolute Gasteiger partial charge is 0.311 e. The minimum atomic E-state index is 0.302. The van der Waals surface area contributed by atoms with Gasteiger partial charge in [-0.1, -0.05) is 38.7 Å². The van der Waals surface area contributed by atoms with Gasteiger partial charge in [-0.2, -0.15) is 0 Å². The van der Waals surface area contributed by atoms with Crippen LogP contribution in [0.25, 0.3) is 0 Å². The molecule has 0 aliphatic rings. The lowest BCUT2D eigenvalue weighted by Crippen LogP contribution is -2.39. The lowest BCUT2D eigenvalue weighted by molar-refractivity contribution is 0.351. The van der Waals surface area contributed by atoms with Gasteiger partial charge in [0, 0.05) is 5.54 Å². The molecule has 0 radical (unpaired) electrons. The highest BCUT2D eigenvalue weighted by atomic mass is 14.9. The molecule has 0 saturated carbocycles. The fourth-order valence-corrected chi connectivity index (χ4v) is 1.59. The summed E-state index contributed by atoms with van der Waals surface area (Å²) >= 11 is 0. The summed E-state index contributed by atoms with van der Waals surface area (Å²) in [6, 6.07) is 0. The van der Waals surface area contributed by atoms with Crippen LogP contribution < -0.4 is 5.32 Å². The van der Waals surface area contributed by atoms with Crippen LogP contribution in [0.15, 0.2) is 12.7 Å². The minimum absolute atomic E-state index is 0.302. The second kappa shape index (κ2) is 8.05. The van der Waals surface area contributed by atoms with E-state index < -0.39 is 0 Å². The van der Waals surface area contributed by atoms with Crippen LogP contribution >= 0.6 is 0 Å². The Labute approximate surface area is 90.0 Å². The van der Waals surface area contributed by atoms with Crippen LogP contribution in [0.1, 0.15) is 59.3 Å². The summed E-state index contributed by atoms with van der Waals surface area (Å²) in [7, 11) is 0. The van der Waals surface area contributed by atoms with Gasteiger partial charge in [-0.15, -0.1) is 6.58 Å². The predicted molar refractivity (Wildman–Crippen MR) is 65.7 cm³/mol. The molecule has 0 aliphatic heterocycles. The Balaban J connectivity index is 3.45. The number of nitrogens with one attached hydrogen (secondary N) is 1. The highest BCUT2D eigenvalue weighted by Gasteiger charge is 2.14. The minimum Gasteiger partial charge on any atom is -0.311 e. The molecule has 0 aromatic heterocycles. The smallest absolute Gasteiger partial charge is 0.0125 e. The van der Waals surface area contributed by atoms with Crippen LogP contribution in [0.3, 0.4) is 0 Å². The van der Waals surface area contributed by atoms with E-state index in [-0.39, 0.29) is 0 Å². The van der Waals surface area contributed by atoms with Gasteiger partial charge < -0.3 is 5.32 Å². The molecule has 0 spiro atoms. The Kier molecular flexibility index (Phi) is 7.87. The van der Waals surface area contributed by atoms with Crippen molar-refractivity contribution in [2.24, 2.45) is 0 Å². The van der Waals surface area contributed by atoms with Gasteiger partial charge >= 0.3 is 0 Å². The summed E-state index contributed by atoms with van der Waals surface area (Å²) in [4.78, 5) is 0. The van der Waals surface area contributed by atoms with Crippen LogP contribution in [-0.2, 0) is 0 Å². The Hall–Kier alpha value is -0.300. The van der Waals surface area contributed by atoms with E-state index in [1.165, 1.54) is 32.1 Å². The molecule has 1 nitrogen and oxygen atoms in total. The van der Waals surface area contributed by atoms with Crippen molar-refractivity contribution in [3.05, 3.63) is 12.7 Å². The maximum atomic E-state index is 3.73. The first-order valence-corrected chi connectivity index (χ1v) is 5.98. The average Bonchev–Trinajstić information content (AvgIpc) is 2.13. The highest BCUT2D eigenvalue weighted by molar-refractivity contribution is 4.79. The van der Waals surface area contributed by atoms with Gasteiger partial charge in [0.2, 0.25) is 0 Å². The van der Waals surface area contributed by atoms with E-state index in [4.69, 9.17) is 0 Å². The molecule has 0 aromatic carbocycles. The normalized spacial score (nSPS) is 11.6. The molecule has 0 unspecified atom stereocenters. The van der Waals surface area contributed by atoms with Gasteiger partial charge in [-0.05, 0) is 33.2 Å². The van der Waals surface area contributed by atoms with Crippen LogP contribution in [0.4, 0.5) is 0 Å². The Morgan fingerprint density at radius 1 is 1.21 bits per heavy atom. The van der Waals surface area contributed by atoms with E-state index in [0.29, 0.717) is 5.54 Å². The summed E-state index contributed by atoms with van der Waals surface area (Å²) in [5.74, 6) is 0. The van der Waals surface area contributed by atoms with Gasteiger partial charge in [0.1, 0.15) is 0 Å². The first kappa shape index (κ1) is 13.7. The summed E-state index contributed by atoms with van der Waals surface area (Å²) in [6.07, 6.45) is 9.75. The lowest BCUT2D eigenvalue weighted by atomic mass is 9.96. The van der Waals surface area contributed by atoms with E-state index in [0.717, 1.165) is 13.0 Å². The molecule has 0 aromatic rings. The molecule has 0 saturated heterocycles. The zero-order chi connectivity index (χ0) is 10.9. The SMILES string of the molecule is C=CCCNC(C)(C)CCCCCC. The number of hydrogen-bond acceptors (Lipinski definition) is 1. The molecule has 0 amide bonds. The molecular weight excluding hydrogens is 170 g/mol. The zero-order valence-electron chi connectivity index (χ0n) is 10.2. The molecule has 14 heavy (non-hydrogen) atoms. The molecule has 1 heteroatoms. The van der Waals surface area contributed by atoms with Crippen molar-refractivity contribution in [2.75, 3.05) is 6.54 Å². The van der Waals surface area contributed by atoms with E-state index >= 15 is 0 Å². The highest BCUT2D eigenvalue weighted by Crippen LogP contribution is 2.14. The third kappa shape index (κ3) is 8.31. The van der Waals surface area contributed by atoms with Crippen LogP contribution in [0.2, 0.25) is 0 Å². The maximum Gasteiger partial charge on any atom is 0.0125 e. The van der Waals surface area contributed by atoms with Crippen molar-refractivity contribution in [3.63, 3.8) is 0 Å². The van der Waals surface area contributed by atoms with Crippen molar-refractivity contribution in [2.45, 2.75) is 64.8 Å². The van der Waals surface area contributed by atoms with Gasteiger partial charge in [-0.3, -0.25) is 0 Å². The third-order valence-corrected chi connectivity index (χ3v) is 2.61. The van der Waals surface area contributed by atoms with Crippen molar-refractivity contribution < 1.29 is 0 Å². The fraction of sp³-hybridized carbons (Fsp3) is 0.846. The van der Waals surface area contributed by atoms with Crippen molar-refractivity contribution in [1.82, 2.24) is 5.32 Å². The van der Waals surface area contributed by atoms with Gasteiger partial charge in [0.15, 0.2) is 0 Å². The molecule has 0 aliphatic carbocycles. The summed E-state index contributed by atoms with van der Waals surface area (Å²) < 4.78 is 0. The standard InChI is InChI=1S/C13H27N/c1-5-7-9-10-11-13(3,4)14-12-8-6-2/h6,14H,2,5,7-12H2,1,3-4H3. The second-order valence-electron chi connectivity index (χ2n) is 4.70. The van der Waals surface area contributed by atoms with E-state index in [1.54, 1.807) is 0 Å². The van der Waals surface area contributed by atoms with E-state index in [9.17, 15) is 0 Å². The summed E-state index contributed by atoms with van der Waals surface area (Å²) in [5, 5.41) is 3.57. The van der Waals surface area contributed by atoms with E-state index in [2.05, 4.69) is 32.7 Å². The molecule has 0 bridgehead atoms. The Morgan fingerprint density at radius 3 is 2.50 bits per heavy atom. The molecule has 84 valence electrons. The molecule has 0 fully saturated rings. The monoisotopic (exact) mass is 197 g/mol. The van der Waals surface area contributed by atoms with Gasteiger partial charge in [-0.25, -0.2) is 0 Å². The third-order valence-electron chi connectivity index (χ3n) is 2.61. The number of unbranched alkanes of at least 4 members (excludes halogenated alkanes) is 3. The van der Waals surface area contributed by atoms with Crippen molar-refractivity contribution in [3.8, 4) is 0 Å². The van der Waals surface area contributed by atoms with Crippen molar-refractivity contribution >= 4 is 0 Å². The molecule has 1 N–H and O–H groups in total. The van der Waals surface area contributed by atoms with Crippen LogP contribution in [0, 0.1) is 0 Å². The average molecular weight is 197 g/mol. The zero-order valence-corrected chi connectivity index (χ0v) is 10.2. The van der Waals surface area contributed by atoms with Crippen LogP contribution in [0.5, 0.6) is 0 Å². The quantitative estimate of drug-likeness (QED) is 0.436. The van der Waals surface area contributed by atoms with Gasteiger partial charge in [0.25, 0.3) is 0 Å². The van der Waals surface area contributed by atoms with Crippen molar-refractivity contribution in [1.29, 1.82) is 0 Å². The molecule has 0 atom stereocenters. The van der Waals surface area contributed by atoms with Gasteiger partial charge in [0.05, 0.1) is 0 Å². The number of rotatable bonds is 9. The molecular formula is C13H27N. The summed E-state index contributed by atoms with van der Waals surface area (Å²) in [5.41, 5.74) is 0.302. The predicted octanol–water partition coefficient (Wildman–Crippen LogP) is 3.90. The maximum absolute atomic E-state index is 3.73. The number of hydrogen-bond donors (Lipinski definition) is 1. The summed E-state index contributed by atoms with van der Waals surface area (Å²) in [6.45, 7) is 11.6. The fourth-order valence-electron chi connectivity index (χ4n) is 1.59. The first-order chi connectivity index (χ1) is 6.62. The molecule has 0 rings (SSSR count). The van der Waals surface area contributed by atoms with E-state index in [1.807, 2.05) is 6.08 Å². The Morgan fingerprint density at radius 2 is 1.93 bits per heavy atom. The molecule has 0 heterocycles. The lowest BCUT2D eigenvalue weighted by Gasteiger charge is -2.26. The topological polar surface area (TPSA) is 12.0 Å². The second-order valence-corrected chi connectivity index (χ2v) is 4.70. The Bertz CT molecular complexity index is 138.